The van der Waals surface area contributed by atoms with Crippen molar-refractivity contribution < 1.29 is 50.7 Å². The van der Waals surface area contributed by atoms with Gasteiger partial charge in [0.25, 0.3) is 0 Å². The number of carbonyl (C=O) groups excluding carboxylic acids is 2. The highest BCUT2D eigenvalue weighted by atomic mass is 35.5. The van der Waals surface area contributed by atoms with E-state index in [1.807, 2.05) is 0 Å². The lowest BCUT2D eigenvalue weighted by Crippen LogP contribution is -2.21. The van der Waals surface area contributed by atoms with Crippen molar-refractivity contribution in [3.05, 3.63) is 81.6 Å². The van der Waals surface area contributed by atoms with Crippen LogP contribution < -0.4 is 19.2 Å². The van der Waals surface area contributed by atoms with E-state index in [2.05, 4.69) is 14.4 Å². The Labute approximate surface area is 256 Å². The summed E-state index contributed by atoms with van der Waals surface area (Å²) in [7, 11) is -2.60. The summed E-state index contributed by atoms with van der Waals surface area (Å²) in [6.07, 6.45) is 3.78. The number of benzene rings is 2. The average molecular weight is 660 g/mol. The van der Waals surface area contributed by atoms with Crippen LogP contribution in [0.2, 0.25) is 10.0 Å². The summed E-state index contributed by atoms with van der Waals surface area (Å²) in [5.41, 5.74) is 0.664. The van der Waals surface area contributed by atoms with Gasteiger partial charge in [0.05, 0.1) is 17.1 Å². The lowest BCUT2D eigenvalue weighted by atomic mass is 10.0. The third kappa shape index (κ3) is 8.99. The molecule has 2 aromatic carbocycles. The minimum absolute atomic E-state index is 0.0344. The molecule has 0 spiro atoms. The molecule has 230 valence electrons. The molecule has 10 nitrogen and oxygen atoms in total. The molecule has 1 atom stereocenters. The van der Waals surface area contributed by atoms with Crippen LogP contribution in [0.5, 0.6) is 11.5 Å². The molecule has 15 heteroatoms. The van der Waals surface area contributed by atoms with Gasteiger partial charge in [-0.2, -0.15) is 8.78 Å². The van der Waals surface area contributed by atoms with Gasteiger partial charge in [0, 0.05) is 12.0 Å². The van der Waals surface area contributed by atoms with Crippen LogP contribution in [0.1, 0.15) is 40.4 Å². The van der Waals surface area contributed by atoms with Crippen LogP contribution in [0.4, 0.5) is 8.78 Å². The highest BCUT2D eigenvalue weighted by Gasteiger charge is 2.27. The number of esters is 2. The summed E-state index contributed by atoms with van der Waals surface area (Å²) in [5.74, 6) is -1.77. The number of aromatic amines is 1. The number of alkyl halides is 2. The summed E-state index contributed by atoms with van der Waals surface area (Å²) >= 11 is 12.7. The molecular formula is C28H27Cl2F2N2O8S+. The fourth-order valence-corrected chi connectivity index (χ4v) is 5.22. The third-order valence-electron chi connectivity index (χ3n) is 6.36. The maximum absolute atomic E-state index is 13.0. The van der Waals surface area contributed by atoms with Crippen LogP contribution in [0, 0.1) is 5.92 Å². The summed E-state index contributed by atoms with van der Waals surface area (Å²) in [6.45, 7) is -3.61. The number of nitrogens with one attached hydrogen (secondary N) is 2. The van der Waals surface area contributed by atoms with Gasteiger partial charge in [-0.3, -0.25) is 0 Å². The van der Waals surface area contributed by atoms with Gasteiger partial charge in [-0.1, -0.05) is 35.3 Å². The second-order valence-electron chi connectivity index (χ2n) is 9.46. The first kappa shape index (κ1) is 32.4. The number of carbonyl (C=O) groups is 2. The van der Waals surface area contributed by atoms with Crippen molar-refractivity contribution in [2.24, 2.45) is 5.92 Å². The van der Waals surface area contributed by atoms with Crippen molar-refractivity contribution >= 4 is 45.2 Å². The van der Waals surface area contributed by atoms with Crippen LogP contribution in [-0.2, 0) is 30.7 Å². The van der Waals surface area contributed by atoms with E-state index in [0.29, 0.717) is 23.7 Å². The number of sulfonamides is 1. The zero-order valence-corrected chi connectivity index (χ0v) is 25.0. The van der Waals surface area contributed by atoms with E-state index in [0.717, 1.165) is 18.9 Å². The van der Waals surface area contributed by atoms with E-state index in [4.69, 9.17) is 37.4 Å². The predicted octanol–water partition coefficient (Wildman–Crippen LogP) is 4.79. The Bertz CT molecular complexity index is 1570. The second-order valence-corrected chi connectivity index (χ2v) is 12.2. The SMILES string of the molecule is CNS(=O)(=O)c1cccc(C(=O)OCC(=O)O[C@@H](Cc2c(Cl)c[nH+]cc2Cl)c2ccc(OC(F)F)c(OCC3CC3)c2)c1. The van der Waals surface area contributed by atoms with Gasteiger partial charge >= 0.3 is 18.6 Å². The number of H-pyrrole nitrogens is 1. The summed E-state index contributed by atoms with van der Waals surface area (Å²) < 4.78 is 73.4. The molecule has 1 aromatic heterocycles. The molecule has 1 fully saturated rings. The van der Waals surface area contributed by atoms with Crippen LogP contribution in [-0.4, -0.2) is 47.2 Å². The van der Waals surface area contributed by atoms with E-state index in [1.54, 1.807) is 0 Å². The predicted molar refractivity (Wildman–Crippen MR) is 150 cm³/mol. The molecule has 1 saturated carbocycles. The van der Waals surface area contributed by atoms with Crippen LogP contribution in [0.15, 0.2) is 59.8 Å². The lowest BCUT2D eigenvalue weighted by molar-refractivity contribution is -0.377. The summed E-state index contributed by atoms with van der Waals surface area (Å²) in [4.78, 5) is 28.1. The van der Waals surface area contributed by atoms with Gasteiger partial charge in [0.2, 0.25) is 10.0 Å². The van der Waals surface area contributed by atoms with E-state index in [1.165, 1.54) is 55.8 Å². The van der Waals surface area contributed by atoms with Crippen molar-refractivity contribution in [3.63, 3.8) is 0 Å². The van der Waals surface area contributed by atoms with E-state index in [-0.39, 0.29) is 38.4 Å². The number of pyridine rings is 1. The molecule has 0 unspecified atom stereocenters. The number of rotatable bonds is 14. The van der Waals surface area contributed by atoms with E-state index in [9.17, 15) is 26.8 Å². The Morgan fingerprint density at radius 3 is 2.44 bits per heavy atom. The molecule has 0 aliphatic heterocycles. The van der Waals surface area contributed by atoms with Gasteiger partial charge in [-0.25, -0.2) is 27.7 Å². The number of ether oxygens (including phenoxy) is 4. The largest absolute Gasteiger partial charge is 0.489 e. The van der Waals surface area contributed by atoms with Gasteiger partial charge in [-0.15, -0.1) is 0 Å². The maximum Gasteiger partial charge on any atom is 0.387 e. The molecule has 0 saturated heterocycles. The van der Waals surface area contributed by atoms with E-state index < -0.39 is 41.3 Å². The standard InChI is InChI=1S/C28H26Cl2F2N2O8S/c1-33-43(37,38)19-4-2-3-18(9-19)27(36)40-15-26(35)41-24(11-20-21(29)12-34-13-22(20)30)17-7-8-23(42-28(31)32)25(10-17)39-14-16-5-6-16/h2-4,7-10,12-13,16,24,28,33H,5-6,11,14-15H2,1H3/p+1/t24-/m0/s1. The number of halogens is 4. The summed E-state index contributed by atoms with van der Waals surface area (Å²) in [6, 6.07) is 9.20. The Morgan fingerprint density at radius 1 is 1.07 bits per heavy atom. The Kier molecular flexibility index (Phi) is 10.8. The summed E-state index contributed by atoms with van der Waals surface area (Å²) in [5, 5.41) is 0.499. The minimum Gasteiger partial charge on any atom is -0.489 e. The first-order valence-corrected chi connectivity index (χ1v) is 15.2. The van der Waals surface area contributed by atoms with Crippen molar-refractivity contribution in [2.45, 2.75) is 36.9 Å². The Morgan fingerprint density at radius 2 is 1.79 bits per heavy atom. The molecule has 1 aliphatic rings. The smallest absolute Gasteiger partial charge is 0.387 e. The fourth-order valence-electron chi connectivity index (χ4n) is 3.92. The van der Waals surface area contributed by atoms with E-state index >= 15 is 0 Å². The zero-order chi connectivity index (χ0) is 31.1. The van der Waals surface area contributed by atoms with Crippen LogP contribution in [0.25, 0.3) is 0 Å². The Balaban J connectivity index is 1.55. The molecular weight excluding hydrogens is 633 g/mol. The molecule has 4 rings (SSSR count). The van der Waals surface area contributed by atoms with Crippen LogP contribution in [0.3, 0.4) is 0 Å². The minimum atomic E-state index is -3.82. The van der Waals surface area contributed by atoms with Gasteiger partial charge in [0.15, 0.2) is 30.5 Å². The first-order valence-electron chi connectivity index (χ1n) is 12.9. The molecule has 0 bridgehead atoms. The maximum atomic E-state index is 13.0. The molecule has 2 N–H and O–H groups in total. The van der Waals surface area contributed by atoms with Crippen molar-refractivity contribution in [1.82, 2.24) is 4.72 Å². The zero-order valence-electron chi connectivity index (χ0n) is 22.6. The monoisotopic (exact) mass is 659 g/mol. The fraction of sp³-hybridized carbons (Fsp3) is 0.321. The second kappa shape index (κ2) is 14.3. The molecule has 1 aliphatic carbocycles. The van der Waals surface area contributed by atoms with Crippen molar-refractivity contribution in [1.29, 1.82) is 0 Å². The molecule has 0 radical (unpaired) electrons. The van der Waals surface area contributed by atoms with Crippen molar-refractivity contribution in [3.8, 4) is 11.5 Å². The topological polar surface area (TPSA) is 131 Å². The quantitative estimate of drug-likeness (QED) is 0.245. The molecule has 1 heterocycles. The molecule has 0 amide bonds. The van der Waals surface area contributed by atoms with Gasteiger partial charge < -0.3 is 18.9 Å². The normalized spacial score (nSPS) is 13.8. The third-order valence-corrected chi connectivity index (χ3v) is 8.44. The first-order chi connectivity index (χ1) is 20.5. The van der Waals surface area contributed by atoms with Gasteiger partial charge in [-0.05, 0) is 61.7 Å². The highest BCUT2D eigenvalue weighted by molar-refractivity contribution is 7.89. The number of hydrogen-bond donors (Lipinski definition) is 1. The van der Waals surface area contributed by atoms with Gasteiger partial charge in [0.1, 0.15) is 16.1 Å². The number of hydrogen-bond acceptors (Lipinski definition) is 8. The Hall–Kier alpha value is -3.52. The van der Waals surface area contributed by atoms with Crippen LogP contribution >= 0.6 is 23.2 Å². The average Bonchev–Trinajstić information content (AvgIpc) is 3.81. The van der Waals surface area contributed by atoms with Crippen molar-refractivity contribution in [2.75, 3.05) is 20.3 Å². The lowest BCUT2D eigenvalue weighted by Gasteiger charge is -2.21. The number of aromatic nitrogens is 1. The highest BCUT2D eigenvalue weighted by Crippen LogP contribution is 2.37. The molecule has 43 heavy (non-hydrogen) atoms. The molecule has 3 aromatic rings.